The maximum Gasteiger partial charge on any atom is 0.0558 e. The number of nitrogens with zero attached hydrogens (tertiary/aromatic N) is 2. The molecule has 1 atom stereocenters. The second-order valence-electron chi connectivity index (χ2n) is 5.68. The predicted molar refractivity (Wildman–Crippen MR) is 72.5 cm³/mol. The average molecular weight is 233 g/mol. The lowest BCUT2D eigenvalue weighted by atomic mass is 9.97. The van der Waals surface area contributed by atoms with Crippen LogP contribution in [-0.4, -0.2) is 29.7 Å². The summed E-state index contributed by atoms with van der Waals surface area (Å²) in [6, 6.07) is 2.81. The second kappa shape index (κ2) is 4.65. The van der Waals surface area contributed by atoms with Crippen LogP contribution < -0.4 is 10.2 Å². The lowest BCUT2D eigenvalue weighted by Crippen LogP contribution is -2.61. The summed E-state index contributed by atoms with van der Waals surface area (Å²) in [6.45, 7) is 11.0. The molecule has 0 radical (unpaired) electrons. The molecule has 1 aliphatic heterocycles. The van der Waals surface area contributed by atoms with E-state index in [2.05, 4.69) is 49.0 Å². The smallest absolute Gasteiger partial charge is 0.0558 e. The lowest BCUT2D eigenvalue weighted by molar-refractivity contribution is 0.306. The highest BCUT2D eigenvalue weighted by molar-refractivity contribution is 5.48. The first-order valence-corrected chi connectivity index (χ1v) is 6.45. The molecule has 2 heterocycles. The molecule has 0 bridgehead atoms. The van der Waals surface area contributed by atoms with Crippen LogP contribution in [-0.2, 0) is 0 Å². The summed E-state index contributed by atoms with van der Waals surface area (Å²) in [6.07, 6.45) is 5.06. The molecule has 1 unspecified atom stereocenters. The van der Waals surface area contributed by atoms with Crippen molar-refractivity contribution in [1.82, 2.24) is 10.3 Å². The zero-order valence-electron chi connectivity index (χ0n) is 11.3. The van der Waals surface area contributed by atoms with Gasteiger partial charge in [0.05, 0.1) is 11.9 Å². The molecule has 1 aromatic heterocycles. The van der Waals surface area contributed by atoms with Gasteiger partial charge in [-0.2, -0.15) is 0 Å². The van der Waals surface area contributed by atoms with E-state index in [1.807, 2.05) is 12.4 Å². The lowest BCUT2D eigenvalue weighted by Gasteiger charge is -2.45. The monoisotopic (exact) mass is 233 g/mol. The van der Waals surface area contributed by atoms with Gasteiger partial charge in [-0.1, -0.05) is 6.92 Å². The largest absolute Gasteiger partial charge is 0.364 e. The van der Waals surface area contributed by atoms with Crippen LogP contribution in [0.15, 0.2) is 18.5 Å². The van der Waals surface area contributed by atoms with Gasteiger partial charge < -0.3 is 10.2 Å². The van der Waals surface area contributed by atoms with Crippen molar-refractivity contribution in [2.75, 3.05) is 18.0 Å². The Kier molecular flexibility index (Phi) is 3.38. The van der Waals surface area contributed by atoms with E-state index >= 15 is 0 Å². The fourth-order valence-corrected chi connectivity index (χ4v) is 2.48. The maximum absolute atomic E-state index is 4.31. The normalized spacial score (nSPS) is 23.8. The van der Waals surface area contributed by atoms with Crippen molar-refractivity contribution in [3.8, 4) is 0 Å². The molecule has 1 saturated heterocycles. The van der Waals surface area contributed by atoms with Crippen LogP contribution in [0.4, 0.5) is 5.69 Å². The summed E-state index contributed by atoms with van der Waals surface area (Å²) >= 11 is 0. The summed E-state index contributed by atoms with van der Waals surface area (Å²) in [5.74, 6) is 0. The highest BCUT2D eigenvalue weighted by Crippen LogP contribution is 2.24. The van der Waals surface area contributed by atoms with Crippen molar-refractivity contribution in [1.29, 1.82) is 0 Å². The van der Waals surface area contributed by atoms with Crippen molar-refractivity contribution in [3.63, 3.8) is 0 Å². The van der Waals surface area contributed by atoms with Gasteiger partial charge in [0.25, 0.3) is 0 Å². The van der Waals surface area contributed by atoms with Gasteiger partial charge in [0.1, 0.15) is 0 Å². The van der Waals surface area contributed by atoms with Crippen molar-refractivity contribution < 1.29 is 0 Å². The fraction of sp³-hybridized carbons (Fsp3) is 0.643. The standard InChI is InChI=1S/C14H23N3/c1-5-12-9-16-14(3,4)10-17(12)13-6-11(2)7-15-8-13/h6-8,12,16H,5,9-10H2,1-4H3. The highest BCUT2D eigenvalue weighted by Gasteiger charge is 2.31. The number of pyridine rings is 1. The summed E-state index contributed by atoms with van der Waals surface area (Å²) in [4.78, 5) is 6.81. The number of anilines is 1. The Balaban J connectivity index is 2.26. The van der Waals surface area contributed by atoms with Crippen LogP contribution in [0.2, 0.25) is 0 Å². The van der Waals surface area contributed by atoms with Gasteiger partial charge in [-0.25, -0.2) is 0 Å². The molecule has 0 spiro atoms. The van der Waals surface area contributed by atoms with Gasteiger partial charge in [0.15, 0.2) is 0 Å². The van der Waals surface area contributed by atoms with Crippen LogP contribution in [0.25, 0.3) is 0 Å². The van der Waals surface area contributed by atoms with Crippen LogP contribution in [0.5, 0.6) is 0 Å². The SMILES string of the molecule is CCC1CNC(C)(C)CN1c1cncc(C)c1. The summed E-state index contributed by atoms with van der Waals surface area (Å²) in [5, 5.41) is 3.61. The van der Waals surface area contributed by atoms with Gasteiger partial charge in [-0.05, 0) is 38.8 Å². The molecule has 3 nitrogen and oxygen atoms in total. The average Bonchev–Trinajstić information content (AvgIpc) is 2.28. The Hall–Kier alpha value is -1.09. The van der Waals surface area contributed by atoms with Crippen molar-refractivity contribution >= 4 is 5.69 Å². The minimum Gasteiger partial charge on any atom is -0.364 e. The zero-order chi connectivity index (χ0) is 12.5. The van der Waals surface area contributed by atoms with Crippen LogP contribution in [0, 0.1) is 6.92 Å². The third-order valence-corrected chi connectivity index (χ3v) is 3.49. The highest BCUT2D eigenvalue weighted by atomic mass is 15.3. The molecule has 1 aromatic rings. The molecule has 17 heavy (non-hydrogen) atoms. The zero-order valence-corrected chi connectivity index (χ0v) is 11.3. The molecule has 1 fully saturated rings. The third-order valence-electron chi connectivity index (χ3n) is 3.49. The van der Waals surface area contributed by atoms with E-state index in [-0.39, 0.29) is 5.54 Å². The Bertz CT molecular complexity index is 387. The first kappa shape index (κ1) is 12.4. The summed E-state index contributed by atoms with van der Waals surface area (Å²) < 4.78 is 0. The number of aromatic nitrogens is 1. The van der Waals surface area contributed by atoms with E-state index in [0.717, 1.165) is 19.5 Å². The van der Waals surface area contributed by atoms with Gasteiger partial charge >= 0.3 is 0 Å². The fourth-order valence-electron chi connectivity index (χ4n) is 2.48. The molecular weight excluding hydrogens is 210 g/mol. The summed E-state index contributed by atoms with van der Waals surface area (Å²) in [7, 11) is 0. The second-order valence-corrected chi connectivity index (χ2v) is 5.68. The molecule has 0 saturated carbocycles. The third kappa shape index (κ3) is 2.78. The van der Waals surface area contributed by atoms with Gasteiger partial charge in [0.2, 0.25) is 0 Å². The molecule has 94 valence electrons. The van der Waals surface area contributed by atoms with E-state index in [1.54, 1.807) is 0 Å². The molecule has 0 amide bonds. The van der Waals surface area contributed by atoms with Gasteiger partial charge in [-0.3, -0.25) is 4.98 Å². The van der Waals surface area contributed by atoms with Crippen molar-refractivity contribution in [3.05, 3.63) is 24.0 Å². The van der Waals surface area contributed by atoms with E-state index in [4.69, 9.17) is 0 Å². The molecule has 1 aliphatic rings. The first-order chi connectivity index (χ1) is 8.02. The number of hydrogen-bond donors (Lipinski definition) is 1. The van der Waals surface area contributed by atoms with Crippen LogP contribution in [0.1, 0.15) is 32.8 Å². The molecule has 1 N–H and O–H groups in total. The first-order valence-electron chi connectivity index (χ1n) is 6.45. The number of piperazine rings is 1. The number of aryl methyl sites for hydroxylation is 1. The quantitative estimate of drug-likeness (QED) is 0.850. The number of nitrogens with one attached hydrogen (secondary N) is 1. The van der Waals surface area contributed by atoms with Crippen molar-refractivity contribution in [2.24, 2.45) is 0 Å². The predicted octanol–water partition coefficient (Wildman–Crippen LogP) is 2.36. The topological polar surface area (TPSA) is 28.2 Å². The Morgan fingerprint density at radius 1 is 1.47 bits per heavy atom. The van der Waals surface area contributed by atoms with E-state index < -0.39 is 0 Å². The molecule has 2 rings (SSSR count). The Labute approximate surface area is 104 Å². The molecule has 3 heteroatoms. The Morgan fingerprint density at radius 2 is 2.24 bits per heavy atom. The van der Waals surface area contributed by atoms with Crippen LogP contribution >= 0.6 is 0 Å². The molecule has 0 aliphatic carbocycles. The molecule has 0 aromatic carbocycles. The summed E-state index contributed by atoms with van der Waals surface area (Å²) in [5.41, 5.74) is 2.66. The van der Waals surface area contributed by atoms with Gasteiger partial charge in [-0.15, -0.1) is 0 Å². The maximum atomic E-state index is 4.31. The van der Waals surface area contributed by atoms with E-state index in [1.165, 1.54) is 11.3 Å². The van der Waals surface area contributed by atoms with Crippen molar-refractivity contribution in [2.45, 2.75) is 45.7 Å². The van der Waals surface area contributed by atoms with E-state index in [0.29, 0.717) is 6.04 Å². The van der Waals surface area contributed by atoms with Gasteiger partial charge in [0, 0.05) is 30.9 Å². The molecular formula is C14H23N3. The number of rotatable bonds is 2. The minimum absolute atomic E-state index is 0.176. The minimum atomic E-state index is 0.176. The van der Waals surface area contributed by atoms with E-state index in [9.17, 15) is 0 Å². The van der Waals surface area contributed by atoms with Crippen LogP contribution in [0.3, 0.4) is 0 Å². The Morgan fingerprint density at radius 3 is 2.88 bits per heavy atom. The number of hydrogen-bond acceptors (Lipinski definition) is 3.